The van der Waals surface area contributed by atoms with Gasteiger partial charge in [-0.3, -0.25) is 9.79 Å². The maximum Gasteiger partial charge on any atom is 0.226 e. The highest BCUT2D eigenvalue weighted by atomic mass is 16.2. The quantitative estimate of drug-likeness (QED) is 0.811. The van der Waals surface area contributed by atoms with Crippen LogP contribution in [-0.4, -0.2) is 48.2 Å². The third-order valence-corrected chi connectivity index (χ3v) is 6.03. The molecule has 0 N–H and O–H groups in total. The molecule has 1 aromatic rings. The monoisotopic (exact) mass is 351 g/mol. The fraction of sp³-hybridized carbons (Fsp3) is 0.545. The molecule has 2 atom stereocenters. The van der Waals surface area contributed by atoms with Crippen molar-refractivity contribution in [1.82, 2.24) is 9.80 Å². The Morgan fingerprint density at radius 2 is 1.96 bits per heavy atom. The molecule has 1 aliphatic carbocycles. The Morgan fingerprint density at radius 3 is 2.69 bits per heavy atom. The molecule has 2 heterocycles. The number of nitrogens with zero attached hydrogens (tertiary/aromatic N) is 3. The second kappa shape index (κ2) is 7.65. The molecule has 1 saturated heterocycles. The largest absolute Gasteiger partial charge is 0.358 e. The third-order valence-electron chi connectivity index (χ3n) is 6.03. The highest BCUT2D eigenvalue weighted by molar-refractivity contribution is 5.83. The van der Waals surface area contributed by atoms with E-state index in [9.17, 15) is 4.79 Å². The molecule has 26 heavy (non-hydrogen) atoms. The number of carbonyl (C=O) groups is 1. The van der Waals surface area contributed by atoms with Crippen molar-refractivity contribution < 1.29 is 4.79 Å². The number of amides is 1. The molecule has 3 aliphatic rings. The topological polar surface area (TPSA) is 35.9 Å². The van der Waals surface area contributed by atoms with E-state index in [1.807, 2.05) is 12.3 Å². The van der Waals surface area contributed by atoms with Gasteiger partial charge in [0.15, 0.2) is 0 Å². The fourth-order valence-electron chi connectivity index (χ4n) is 4.30. The third kappa shape index (κ3) is 3.84. The predicted octanol–water partition coefficient (Wildman–Crippen LogP) is 3.67. The van der Waals surface area contributed by atoms with Gasteiger partial charge in [-0.15, -0.1) is 0 Å². The summed E-state index contributed by atoms with van der Waals surface area (Å²) in [6.07, 6.45) is 8.56. The summed E-state index contributed by atoms with van der Waals surface area (Å²) in [5, 5.41) is 0. The molecule has 2 fully saturated rings. The number of piperidine rings is 1. The molecule has 0 unspecified atom stereocenters. The first-order valence-electron chi connectivity index (χ1n) is 10.0. The first-order valence-corrected chi connectivity index (χ1v) is 10.0. The SMILES string of the molecule is CCC1=CN(CC2CCN(C(=O)[C@@H]3C[C@H]3c3ccccc3)CC2)CN=C1. The molecule has 4 rings (SSSR count). The zero-order chi connectivity index (χ0) is 17.9. The molecule has 0 bridgehead atoms. The maximum atomic E-state index is 12.8. The Hall–Kier alpha value is -2.10. The van der Waals surface area contributed by atoms with Crippen LogP contribution in [0.3, 0.4) is 0 Å². The van der Waals surface area contributed by atoms with E-state index in [-0.39, 0.29) is 5.92 Å². The molecular formula is C22H29N3O. The zero-order valence-electron chi connectivity index (χ0n) is 15.7. The lowest BCUT2D eigenvalue weighted by molar-refractivity contribution is -0.134. The van der Waals surface area contributed by atoms with E-state index in [0.717, 1.165) is 52.0 Å². The van der Waals surface area contributed by atoms with Gasteiger partial charge in [-0.1, -0.05) is 37.3 Å². The minimum absolute atomic E-state index is 0.223. The van der Waals surface area contributed by atoms with Crippen molar-refractivity contribution in [3.05, 3.63) is 47.7 Å². The van der Waals surface area contributed by atoms with Crippen LogP contribution >= 0.6 is 0 Å². The summed E-state index contributed by atoms with van der Waals surface area (Å²) in [5.74, 6) is 1.73. The summed E-state index contributed by atoms with van der Waals surface area (Å²) in [4.78, 5) is 21.7. The second-order valence-corrected chi connectivity index (χ2v) is 7.91. The van der Waals surface area contributed by atoms with Gasteiger partial charge in [0.2, 0.25) is 5.91 Å². The van der Waals surface area contributed by atoms with Gasteiger partial charge < -0.3 is 9.80 Å². The van der Waals surface area contributed by atoms with Gasteiger partial charge >= 0.3 is 0 Å². The Labute approximate surface area is 156 Å². The smallest absolute Gasteiger partial charge is 0.226 e. The van der Waals surface area contributed by atoms with Crippen molar-refractivity contribution in [2.75, 3.05) is 26.3 Å². The van der Waals surface area contributed by atoms with E-state index in [1.165, 1.54) is 11.1 Å². The number of hydrogen-bond donors (Lipinski definition) is 0. The Morgan fingerprint density at radius 1 is 1.19 bits per heavy atom. The highest BCUT2D eigenvalue weighted by Gasteiger charge is 2.46. The van der Waals surface area contributed by atoms with Crippen molar-refractivity contribution in [1.29, 1.82) is 0 Å². The number of allylic oxidation sites excluding steroid dienone is 1. The van der Waals surface area contributed by atoms with Gasteiger partial charge in [-0.05, 0) is 48.7 Å². The number of likely N-dealkylation sites (tertiary alicyclic amines) is 1. The lowest BCUT2D eigenvalue weighted by atomic mass is 9.95. The van der Waals surface area contributed by atoms with Gasteiger partial charge in [0.05, 0.1) is 0 Å². The van der Waals surface area contributed by atoms with E-state index in [0.29, 0.717) is 17.7 Å². The molecule has 4 nitrogen and oxygen atoms in total. The number of benzene rings is 1. The van der Waals surface area contributed by atoms with Crippen LogP contribution in [0.4, 0.5) is 0 Å². The molecule has 0 aromatic heterocycles. The summed E-state index contributed by atoms with van der Waals surface area (Å²) in [6.45, 7) is 5.86. The molecular weight excluding hydrogens is 322 g/mol. The first-order chi connectivity index (χ1) is 12.7. The van der Waals surface area contributed by atoms with Gasteiger partial charge in [0.1, 0.15) is 6.67 Å². The van der Waals surface area contributed by atoms with Crippen LogP contribution in [-0.2, 0) is 4.79 Å². The second-order valence-electron chi connectivity index (χ2n) is 7.91. The molecule has 1 aromatic carbocycles. The van der Waals surface area contributed by atoms with Crippen molar-refractivity contribution in [3.8, 4) is 0 Å². The van der Waals surface area contributed by atoms with Crippen LogP contribution < -0.4 is 0 Å². The van der Waals surface area contributed by atoms with E-state index < -0.39 is 0 Å². The number of carbonyl (C=O) groups excluding carboxylic acids is 1. The zero-order valence-corrected chi connectivity index (χ0v) is 15.7. The minimum atomic E-state index is 0.223. The van der Waals surface area contributed by atoms with Crippen molar-refractivity contribution in [2.24, 2.45) is 16.8 Å². The van der Waals surface area contributed by atoms with Crippen LogP contribution in [0.1, 0.15) is 44.1 Å². The maximum absolute atomic E-state index is 12.8. The van der Waals surface area contributed by atoms with Crippen LogP contribution in [0.15, 0.2) is 47.1 Å². The summed E-state index contributed by atoms with van der Waals surface area (Å²) in [7, 11) is 0. The van der Waals surface area contributed by atoms with E-state index in [1.54, 1.807) is 0 Å². The van der Waals surface area contributed by atoms with Crippen molar-refractivity contribution in [2.45, 2.75) is 38.5 Å². The molecule has 0 spiro atoms. The fourth-order valence-corrected chi connectivity index (χ4v) is 4.30. The standard InChI is InChI=1S/C22H29N3O/c1-2-17-13-23-16-24(14-17)15-18-8-10-25(11-9-18)22(26)21-12-20(21)19-6-4-3-5-7-19/h3-7,13-14,18,20-21H,2,8-12,15-16H2,1H3/t20-,21+/m0/s1. The lowest BCUT2D eigenvalue weighted by Gasteiger charge is -2.35. The Bertz CT molecular complexity index is 689. The van der Waals surface area contributed by atoms with E-state index in [4.69, 9.17) is 0 Å². The number of rotatable bonds is 5. The Kier molecular flexibility index (Phi) is 5.09. The van der Waals surface area contributed by atoms with Crippen LogP contribution in [0.5, 0.6) is 0 Å². The summed E-state index contributed by atoms with van der Waals surface area (Å²) in [5.41, 5.74) is 2.63. The molecule has 4 heteroatoms. The molecule has 138 valence electrons. The average Bonchev–Trinajstić information content (AvgIpc) is 3.50. The van der Waals surface area contributed by atoms with E-state index >= 15 is 0 Å². The molecule has 1 saturated carbocycles. The van der Waals surface area contributed by atoms with Gasteiger partial charge in [-0.25, -0.2) is 0 Å². The average molecular weight is 351 g/mol. The van der Waals surface area contributed by atoms with Crippen LogP contribution in [0.25, 0.3) is 0 Å². The summed E-state index contributed by atoms with van der Waals surface area (Å²) >= 11 is 0. The van der Waals surface area contributed by atoms with Gasteiger partial charge in [0, 0.05) is 38.0 Å². The highest BCUT2D eigenvalue weighted by Crippen LogP contribution is 2.48. The van der Waals surface area contributed by atoms with Crippen LogP contribution in [0.2, 0.25) is 0 Å². The van der Waals surface area contributed by atoms with E-state index in [2.05, 4.69) is 52.2 Å². The lowest BCUT2D eigenvalue weighted by Crippen LogP contribution is -2.42. The molecule has 0 radical (unpaired) electrons. The normalized spacial score (nSPS) is 26.0. The van der Waals surface area contributed by atoms with Gasteiger partial charge in [0.25, 0.3) is 0 Å². The predicted molar refractivity (Wildman–Crippen MR) is 105 cm³/mol. The molecule has 1 amide bonds. The van der Waals surface area contributed by atoms with Crippen LogP contribution in [0, 0.1) is 11.8 Å². The van der Waals surface area contributed by atoms with Gasteiger partial charge in [-0.2, -0.15) is 0 Å². The van der Waals surface area contributed by atoms with Crippen molar-refractivity contribution in [3.63, 3.8) is 0 Å². The minimum Gasteiger partial charge on any atom is -0.358 e. The summed E-state index contributed by atoms with van der Waals surface area (Å²) in [6, 6.07) is 10.5. The number of aliphatic imine (C=N–C) groups is 1. The molecule has 2 aliphatic heterocycles. The summed E-state index contributed by atoms with van der Waals surface area (Å²) < 4.78 is 0. The Balaban J connectivity index is 1.25. The van der Waals surface area contributed by atoms with Crippen molar-refractivity contribution >= 4 is 12.1 Å². The number of hydrogen-bond acceptors (Lipinski definition) is 3. The first kappa shape index (κ1) is 17.3.